The minimum absolute atomic E-state index is 0.167. The van der Waals surface area contributed by atoms with Gasteiger partial charge in [-0.15, -0.1) is 11.1 Å². The number of rotatable bonds is 1. The van der Waals surface area contributed by atoms with Crippen molar-refractivity contribution in [2.45, 2.75) is 93.4 Å². The van der Waals surface area contributed by atoms with Crippen LogP contribution in [0.3, 0.4) is 0 Å². The van der Waals surface area contributed by atoms with Crippen LogP contribution >= 0.6 is 0 Å². The molecule has 0 spiro atoms. The van der Waals surface area contributed by atoms with Crippen molar-refractivity contribution in [1.29, 1.82) is 0 Å². The summed E-state index contributed by atoms with van der Waals surface area (Å²) in [5.41, 5.74) is 12.9. The molecule has 0 saturated carbocycles. The third kappa shape index (κ3) is 8.91. The van der Waals surface area contributed by atoms with Crippen LogP contribution in [0, 0.1) is 29.3 Å². The van der Waals surface area contributed by atoms with Gasteiger partial charge in [-0.1, -0.05) is 111 Å². The van der Waals surface area contributed by atoms with Crippen molar-refractivity contribution in [3.8, 4) is 11.1 Å². The van der Waals surface area contributed by atoms with Crippen LogP contribution in [0.2, 0.25) is 0 Å². The predicted molar refractivity (Wildman–Crippen MR) is 172 cm³/mol. The molecule has 0 aromatic heterocycles. The van der Waals surface area contributed by atoms with Crippen LogP contribution in [0.5, 0.6) is 0 Å². The Labute approximate surface area is 264 Å². The third-order valence-electron chi connectivity index (χ3n) is 7.57. The molecule has 1 atom stereocenters. The van der Waals surface area contributed by atoms with Crippen LogP contribution in [0.25, 0.3) is 11.1 Å². The van der Waals surface area contributed by atoms with Gasteiger partial charge in [-0.3, -0.25) is 6.08 Å². The molecule has 0 amide bonds. The second-order valence-electron chi connectivity index (χ2n) is 14.4. The Morgan fingerprint density at radius 2 is 1.41 bits per heavy atom. The number of allylic oxidation sites excluding steroid dienone is 4. The van der Waals surface area contributed by atoms with Gasteiger partial charge in [-0.2, -0.15) is 35.4 Å². The fraction of sp³-hybridized carbons (Fsp3) is 0.410. The molecule has 5 rings (SSSR count). The minimum atomic E-state index is -0.170. The first-order valence-electron chi connectivity index (χ1n) is 14.7. The molecule has 3 aromatic rings. The van der Waals surface area contributed by atoms with Gasteiger partial charge >= 0.3 is 68.0 Å². The topological polar surface area (TPSA) is 0 Å². The van der Waals surface area contributed by atoms with Gasteiger partial charge in [0.2, 0.25) is 0 Å². The number of benzene rings is 3. The number of hydrogen-bond acceptors (Lipinski definition) is 0. The molecule has 2 aliphatic carbocycles. The van der Waals surface area contributed by atoms with Crippen molar-refractivity contribution >= 4 is 3.71 Å². The molecule has 0 aliphatic heterocycles. The molecule has 0 fully saturated rings. The van der Waals surface area contributed by atoms with E-state index in [9.17, 15) is 4.39 Å². The van der Waals surface area contributed by atoms with Crippen LogP contribution in [0.1, 0.15) is 104 Å². The van der Waals surface area contributed by atoms with Crippen molar-refractivity contribution in [3.05, 3.63) is 118 Å². The second-order valence-corrected chi connectivity index (χ2v) is 15.1. The van der Waals surface area contributed by atoms with Crippen LogP contribution in [0.4, 0.5) is 4.39 Å². The van der Waals surface area contributed by atoms with Gasteiger partial charge in [0, 0.05) is 0 Å². The van der Waals surface area contributed by atoms with Crippen molar-refractivity contribution in [2.75, 3.05) is 0 Å². The normalized spacial score (nSPS) is 15.9. The first-order valence-corrected chi connectivity index (χ1v) is 16.1. The van der Waals surface area contributed by atoms with E-state index in [1.165, 1.54) is 80.9 Å². The monoisotopic (exact) mass is 624 g/mol. The molecule has 3 aromatic carbocycles. The van der Waals surface area contributed by atoms with E-state index in [0.29, 0.717) is 11.3 Å². The SMILES string of the molecule is CC(C)(C)c1[c-]c2c(cc1)-c1ccc(C(C)(C)C)cc1C2.CC1=[C-]C(C)C=C1C(C)(C)C.Fc1ccc([CH]=[Zr+2])cc1. The summed E-state index contributed by atoms with van der Waals surface area (Å²) in [7, 11) is 0. The molecular weight excluding hydrogens is 579 g/mol. The van der Waals surface area contributed by atoms with Gasteiger partial charge in [0.15, 0.2) is 0 Å². The van der Waals surface area contributed by atoms with Gasteiger partial charge < -0.3 is 0 Å². The second kappa shape index (κ2) is 13.0. The van der Waals surface area contributed by atoms with Crippen LogP contribution < -0.4 is 0 Å². The summed E-state index contributed by atoms with van der Waals surface area (Å²) in [5, 5.41) is 0. The Hall–Kier alpha value is -2.18. The summed E-state index contributed by atoms with van der Waals surface area (Å²) in [6.07, 6.45) is 6.74. The van der Waals surface area contributed by atoms with Crippen molar-refractivity contribution < 1.29 is 28.6 Å². The quantitative estimate of drug-likeness (QED) is 0.185. The number of halogens is 1. The Bertz CT molecular complexity index is 1370. The van der Waals surface area contributed by atoms with Gasteiger partial charge in [0.25, 0.3) is 0 Å². The zero-order valence-electron chi connectivity index (χ0n) is 27.0. The van der Waals surface area contributed by atoms with Gasteiger partial charge in [0.1, 0.15) is 0 Å². The Balaban J connectivity index is 0.000000193. The van der Waals surface area contributed by atoms with E-state index in [4.69, 9.17) is 0 Å². The molecule has 2 aliphatic rings. The van der Waals surface area contributed by atoms with E-state index in [1.54, 1.807) is 12.1 Å². The molecule has 0 bridgehead atoms. The van der Waals surface area contributed by atoms with Crippen LogP contribution in [-0.2, 0) is 41.5 Å². The molecule has 1 unspecified atom stereocenters. The molecule has 41 heavy (non-hydrogen) atoms. The van der Waals surface area contributed by atoms with Crippen LogP contribution in [-0.4, -0.2) is 3.71 Å². The van der Waals surface area contributed by atoms with Crippen molar-refractivity contribution in [2.24, 2.45) is 11.3 Å². The summed E-state index contributed by atoms with van der Waals surface area (Å²) in [6.45, 7) is 24.7. The number of hydrogen-bond donors (Lipinski definition) is 0. The molecule has 0 heterocycles. The Morgan fingerprint density at radius 1 is 0.805 bits per heavy atom. The van der Waals surface area contributed by atoms with Gasteiger partial charge in [-0.05, 0) is 28.4 Å². The van der Waals surface area contributed by atoms with Gasteiger partial charge in [-0.25, -0.2) is 5.57 Å². The summed E-state index contributed by atoms with van der Waals surface area (Å²) in [4.78, 5) is 0. The van der Waals surface area contributed by atoms with E-state index in [1.807, 2.05) is 3.71 Å². The van der Waals surface area contributed by atoms with Crippen LogP contribution in [0.15, 0.2) is 71.8 Å². The van der Waals surface area contributed by atoms with E-state index < -0.39 is 0 Å². The zero-order chi connectivity index (χ0) is 30.8. The molecule has 214 valence electrons. The van der Waals surface area contributed by atoms with E-state index in [-0.39, 0.29) is 16.6 Å². The molecule has 0 saturated heterocycles. The third-order valence-corrected chi connectivity index (χ3v) is 8.39. The summed E-state index contributed by atoms with van der Waals surface area (Å²) in [5.74, 6) is 0.348. The Kier molecular flexibility index (Phi) is 10.6. The summed E-state index contributed by atoms with van der Waals surface area (Å²) < 4.78 is 14.2. The maximum atomic E-state index is 12.2. The summed E-state index contributed by atoms with van der Waals surface area (Å²) in [6, 6.07) is 21.6. The molecule has 0 nitrogen and oxygen atoms in total. The summed E-state index contributed by atoms with van der Waals surface area (Å²) >= 11 is 1.34. The zero-order valence-corrected chi connectivity index (χ0v) is 29.5. The van der Waals surface area contributed by atoms with E-state index >= 15 is 0 Å². The Morgan fingerprint density at radius 3 is 1.88 bits per heavy atom. The molecular formula is C39H47FZr. The van der Waals surface area contributed by atoms with E-state index in [0.717, 1.165) is 12.0 Å². The molecule has 2 heteroatoms. The van der Waals surface area contributed by atoms with Gasteiger partial charge in [0.05, 0.1) is 0 Å². The predicted octanol–water partition coefficient (Wildman–Crippen LogP) is 10.5. The average molecular weight is 626 g/mol. The molecule has 0 N–H and O–H groups in total. The fourth-order valence-corrected chi connectivity index (χ4v) is 5.71. The van der Waals surface area contributed by atoms with Crippen molar-refractivity contribution in [3.63, 3.8) is 0 Å². The fourth-order valence-electron chi connectivity index (χ4n) is 5.24. The van der Waals surface area contributed by atoms with Crippen molar-refractivity contribution in [1.82, 2.24) is 0 Å². The number of fused-ring (bicyclic) bond motifs is 3. The average Bonchev–Trinajstić information content (AvgIpc) is 3.42. The molecule has 0 radical (unpaired) electrons. The van der Waals surface area contributed by atoms with E-state index in [2.05, 4.69) is 125 Å². The standard InChI is InChI=1S/C21H25.C11H17.C7H5F.Zr/c1-20(2,3)16-7-9-18-14(12-16)11-15-13-17(21(4,5)6)8-10-19(15)18;1-8-6-9(2)10(7-8)11(3,4)5;1-6-2-4-7(8)5-3-6;/h7-10,12H,11H2,1-6H3;7-8H,1-5H3;1-5H;/q2*-1;;+2. The maximum absolute atomic E-state index is 12.2. The first kappa shape index (κ1) is 33.3. The first-order chi connectivity index (χ1) is 18.9.